The minimum atomic E-state index is -4.55. The van der Waals surface area contributed by atoms with Crippen molar-refractivity contribution in [2.24, 2.45) is 0 Å². The van der Waals surface area contributed by atoms with Crippen molar-refractivity contribution in [3.63, 3.8) is 0 Å². The van der Waals surface area contributed by atoms with E-state index in [2.05, 4.69) is 15.4 Å². The van der Waals surface area contributed by atoms with E-state index in [9.17, 15) is 22.8 Å². The molecule has 8 nitrogen and oxygen atoms in total. The third-order valence-electron chi connectivity index (χ3n) is 3.82. The minimum absolute atomic E-state index is 0.0630. The van der Waals surface area contributed by atoms with Crippen LogP contribution in [0, 0.1) is 11.3 Å². The number of nitriles is 1. The Kier molecular flexibility index (Phi) is 5.96. The molecule has 0 fully saturated rings. The Morgan fingerprint density at radius 2 is 1.90 bits per heavy atom. The molecule has 1 heterocycles. The van der Waals surface area contributed by atoms with E-state index in [0.29, 0.717) is 11.5 Å². The van der Waals surface area contributed by atoms with E-state index in [1.807, 2.05) is 0 Å². The van der Waals surface area contributed by atoms with Gasteiger partial charge in [0.15, 0.2) is 18.1 Å². The molecule has 1 aliphatic rings. The smallest absolute Gasteiger partial charge is 0.422 e. The van der Waals surface area contributed by atoms with Crippen molar-refractivity contribution in [1.82, 2.24) is 5.32 Å². The number of amides is 2. The normalized spacial score (nSPS) is 12.1. The maximum Gasteiger partial charge on any atom is 0.422 e. The van der Waals surface area contributed by atoms with Crippen LogP contribution in [-0.2, 0) is 4.79 Å². The van der Waals surface area contributed by atoms with Crippen LogP contribution < -0.4 is 24.8 Å². The minimum Gasteiger partial charge on any atom is -0.483 e. The van der Waals surface area contributed by atoms with Gasteiger partial charge in [0.2, 0.25) is 12.7 Å². The number of hydrogen-bond acceptors (Lipinski definition) is 6. The summed E-state index contributed by atoms with van der Waals surface area (Å²) in [7, 11) is 0. The molecule has 0 saturated heterocycles. The lowest BCUT2D eigenvalue weighted by Gasteiger charge is -2.12. The summed E-state index contributed by atoms with van der Waals surface area (Å²) in [4.78, 5) is 24.2. The summed E-state index contributed by atoms with van der Waals surface area (Å²) in [5.74, 6) is -0.442. The standard InChI is InChI=1S/C19H14F3N3O5/c20-19(21,22)9-28-14-4-2-13(5-12(14)7-23)25-17(26)8-24-18(27)11-1-3-15-16(6-11)30-10-29-15/h1-6H,8-10H2,(H,24,27)(H,25,26). The molecule has 2 aromatic carbocycles. The Balaban J connectivity index is 1.55. The van der Waals surface area contributed by atoms with Crippen LogP contribution in [0.4, 0.5) is 18.9 Å². The van der Waals surface area contributed by atoms with Crippen LogP contribution in [0.25, 0.3) is 0 Å². The second-order valence-electron chi connectivity index (χ2n) is 6.03. The van der Waals surface area contributed by atoms with Gasteiger partial charge >= 0.3 is 6.18 Å². The van der Waals surface area contributed by atoms with Gasteiger partial charge in [0.25, 0.3) is 5.91 Å². The Bertz CT molecular complexity index is 1020. The number of anilines is 1. The van der Waals surface area contributed by atoms with Crippen molar-refractivity contribution in [3.05, 3.63) is 47.5 Å². The molecule has 30 heavy (non-hydrogen) atoms. The fraction of sp³-hybridized carbons (Fsp3) is 0.211. The molecule has 2 amide bonds. The highest BCUT2D eigenvalue weighted by Crippen LogP contribution is 2.32. The Morgan fingerprint density at radius 1 is 1.13 bits per heavy atom. The van der Waals surface area contributed by atoms with Crippen LogP contribution in [0.5, 0.6) is 17.2 Å². The first kappa shape index (κ1) is 20.8. The lowest BCUT2D eigenvalue weighted by molar-refractivity contribution is -0.153. The molecule has 156 valence electrons. The average molecular weight is 421 g/mol. The molecule has 0 bridgehead atoms. The number of halogens is 3. The highest BCUT2D eigenvalue weighted by atomic mass is 19.4. The molecular formula is C19H14F3N3O5. The SMILES string of the molecule is N#Cc1cc(NC(=O)CNC(=O)c2ccc3c(c2)OCO3)ccc1OCC(F)(F)F. The molecule has 3 rings (SSSR count). The summed E-state index contributed by atoms with van der Waals surface area (Å²) in [6, 6.07) is 9.86. The molecule has 0 aromatic heterocycles. The summed E-state index contributed by atoms with van der Waals surface area (Å²) in [5.41, 5.74) is 0.250. The summed E-state index contributed by atoms with van der Waals surface area (Å²) in [5, 5.41) is 13.9. The second kappa shape index (κ2) is 8.60. The maximum absolute atomic E-state index is 12.3. The van der Waals surface area contributed by atoms with E-state index in [-0.39, 0.29) is 35.9 Å². The molecule has 2 aromatic rings. The van der Waals surface area contributed by atoms with E-state index >= 15 is 0 Å². The van der Waals surface area contributed by atoms with Crippen LogP contribution in [0.3, 0.4) is 0 Å². The first-order valence-electron chi connectivity index (χ1n) is 8.46. The average Bonchev–Trinajstić information content (AvgIpc) is 3.18. The van der Waals surface area contributed by atoms with E-state index in [1.54, 1.807) is 12.1 Å². The number of fused-ring (bicyclic) bond motifs is 1. The summed E-state index contributed by atoms with van der Waals surface area (Å²) >= 11 is 0. The molecule has 0 unspecified atom stereocenters. The van der Waals surface area contributed by atoms with Gasteiger partial charge < -0.3 is 24.8 Å². The first-order chi connectivity index (χ1) is 14.2. The highest BCUT2D eigenvalue weighted by molar-refractivity contribution is 5.99. The summed E-state index contributed by atoms with van der Waals surface area (Å²) < 4.78 is 51.7. The molecular weight excluding hydrogens is 407 g/mol. The fourth-order valence-corrected chi connectivity index (χ4v) is 2.49. The molecule has 0 saturated carbocycles. The van der Waals surface area contributed by atoms with Crippen LogP contribution in [0.1, 0.15) is 15.9 Å². The van der Waals surface area contributed by atoms with Gasteiger partial charge in [0.05, 0.1) is 12.1 Å². The van der Waals surface area contributed by atoms with Crippen molar-refractivity contribution in [2.45, 2.75) is 6.18 Å². The number of alkyl halides is 3. The lowest BCUT2D eigenvalue weighted by Crippen LogP contribution is -2.32. The largest absolute Gasteiger partial charge is 0.483 e. The lowest BCUT2D eigenvalue weighted by atomic mass is 10.2. The van der Waals surface area contributed by atoms with Crippen LogP contribution in [0.15, 0.2) is 36.4 Å². The third kappa shape index (κ3) is 5.32. The molecule has 2 N–H and O–H groups in total. The topological polar surface area (TPSA) is 110 Å². The summed E-state index contributed by atoms with van der Waals surface area (Å²) in [6.07, 6.45) is -4.55. The van der Waals surface area contributed by atoms with E-state index in [1.165, 1.54) is 24.3 Å². The zero-order valence-corrected chi connectivity index (χ0v) is 15.2. The Labute approximate surface area is 168 Å². The van der Waals surface area contributed by atoms with E-state index in [0.717, 1.165) is 6.07 Å². The second-order valence-corrected chi connectivity index (χ2v) is 6.03. The van der Waals surface area contributed by atoms with Gasteiger partial charge in [-0.25, -0.2) is 0 Å². The first-order valence-corrected chi connectivity index (χ1v) is 8.46. The predicted molar refractivity (Wildman–Crippen MR) is 96.2 cm³/mol. The number of ether oxygens (including phenoxy) is 3. The van der Waals surface area contributed by atoms with E-state index < -0.39 is 24.6 Å². The number of rotatable bonds is 6. The third-order valence-corrected chi connectivity index (χ3v) is 3.82. The monoisotopic (exact) mass is 421 g/mol. The number of nitrogens with zero attached hydrogens (tertiary/aromatic N) is 1. The molecule has 11 heteroatoms. The van der Waals surface area contributed by atoms with Crippen molar-refractivity contribution in [2.75, 3.05) is 25.3 Å². The number of hydrogen-bond donors (Lipinski definition) is 2. The number of nitrogens with one attached hydrogen (secondary N) is 2. The quantitative estimate of drug-likeness (QED) is 0.742. The van der Waals surface area contributed by atoms with Crippen molar-refractivity contribution >= 4 is 17.5 Å². The zero-order valence-electron chi connectivity index (χ0n) is 15.2. The number of carbonyl (C=O) groups is 2. The highest BCUT2D eigenvalue weighted by Gasteiger charge is 2.29. The predicted octanol–water partition coefficient (Wildman–Crippen LogP) is 2.60. The molecule has 1 aliphatic heterocycles. The summed E-state index contributed by atoms with van der Waals surface area (Å²) in [6.45, 7) is -1.85. The van der Waals surface area contributed by atoms with Gasteiger partial charge in [0, 0.05) is 11.3 Å². The van der Waals surface area contributed by atoms with Gasteiger partial charge in [-0.05, 0) is 36.4 Å². The van der Waals surface area contributed by atoms with Gasteiger partial charge in [-0.1, -0.05) is 0 Å². The van der Waals surface area contributed by atoms with Crippen LogP contribution in [-0.4, -0.2) is 37.9 Å². The molecule has 0 atom stereocenters. The van der Waals surface area contributed by atoms with E-state index in [4.69, 9.17) is 14.7 Å². The molecule has 0 radical (unpaired) electrons. The number of benzene rings is 2. The Morgan fingerprint density at radius 3 is 2.63 bits per heavy atom. The van der Waals surface area contributed by atoms with Gasteiger partial charge in [-0.15, -0.1) is 0 Å². The van der Waals surface area contributed by atoms with Gasteiger partial charge in [-0.2, -0.15) is 18.4 Å². The number of carbonyl (C=O) groups excluding carboxylic acids is 2. The van der Waals surface area contributed by atoms with Crippen LogP contribution in [0.2, 0.25) is 0 Å². The van der Waals surface area contributed by atoms with Gasteiger partial charge in [0.1, 0.15) is 11.8 Å². The van der Waals surface area contributed by atoms with Crippen molar-refractivity contribution < 1.29 is 37.0 Å². The maximum atomic E-state index is 12.3. The molecule has 0 spiro atoms. The van der Waals surface area contributed by atoms with Gasteiger partial charge in [-0.3, -0.25) is 9.59 Å². The van der Waals surface area contributed by atoms with Crippen LogP contribution >= 0.6 is 0 Å². The Hall–Kier alpha value is -3.94. The van der Waals surface area contributed by atoms with Crippen molar-refractivity contribution in [1.29, 1.82) is 5.26 Å². The fourth-order valence-electron chi connectivity index (χ4n) is 2.49. The van der Waals surface area contributed by atoms with Crippen molar-refractivity contribution in [3.8, 4) is 23.3 Å². The zero-order chi connectivity index (χ0) is 21.7. The molecule has 0 aliphatic carbocycles.